The summed E-state index contributed by atoms with van der Waals surface area (Å²) in [7, 11) is 1.75. The smallest absolute Gasteiger partial charge is 0.0575 e. The molecule has 1 aromatic rings. The van der Waals surface area contributed by atoms with E-state index < -0.39 is 0 Å². The lowest BCUT2D eigenvalue weighted by Gasteiger charge is -2.18. The van der Waals surface area contributed by atoms with E-state index in [-0.39, 0.29) is 12.4 Å². The summed E-state index contributed by atoms with van der Waals surface area (Å²) in [5, 5.41) is 2.06. The number of halogens is 1. The Morgan fingerprint density at radius 2 is 1.93 bits per heavy atom. The maximum Gasteiger partial charge on any atom is 0.0575 e. The number of hydrogen-bond donors (Lipinski definition) is 0. The van der Waals surface area contributed by atoms with Crippen LogP contribution in [0.25, 0.3) is 0 Å². The van der Waals surface area contributed by atoms with Gasteiger partial charge in [-0.15, -0.1) is 12.4 Å². The molecule has 2 nitrogen and oxygen atoms in total. The van der Waals surface area contributed by atoms with Gasteiger partial charge in [0, 0.05) is 12.6 Å². The van der Waals surface area contributed by atoms with Crippen molar-refractivity contribution in [3.63, 3.8) is 0 Å². The van der Waals surface area contributed by atoms with Crippen molar-refractivity contribution in [1.82, 2.24) is 5.06 Å². The van der Waals surface area contributed by atoms with E-state index in [1.165, 1.54) is 18.4 Å². The second kappa shape index (κ2) is 5.35. The van der Waals surface area contributed by atoms with Gasteiger partial charge in [0.1, 0.15) is 0 Å². The lowest BCUT2D eigenvalue weighted by molar-refractivity contribution is -0.146. The van der Waals surface area contributed by atoms with Gasteiger partial charge in [-0.25, -0.2) is 0 Å². The summed E-state index contributed by atoms with van der Waals surface area (Å²) < 4.78 is 0. The van der Waals surface area contributed by atoms with Crippen LogP contribution in [0.1, 0.15) is 18.4 Å². The SMILES string of the molecule is CON(Cc1ccccc1)C1CC1.Cl. The van der Waals surface area contributed by atoms with Crippen LogP contribution in [0, 0.1) is 0 Å². The molecule has 0 unspecified atom stereocenters. The van der Waals surface area contributed by atoms with Gasteiger partial charge in [0.05, 0.1) is 7.11 Å². The molecule has 0 bridgehead atoms. The van der Waals surface area contributed by atoms with Crippen molar-refractivity contribution in [3.05, 3.63) is 35.9 Å². The fourth-order valence-electron chi connectivity index (χ4n) is 1.47. The van der Waals surface area contributed by atoms with E-state index in [9.17, 15) is 0 Å². The summed E-state index contributed by atoms with van der Waals surface area (Å²) in [5.74, 6) is 0. The van der Waals surface area contributed by atoms with Gasteiger partial charge in [0.15, 0.2) is 0 Å². The Morgan fingerprint density at radius 3 is 2.43 bits per heavy atom. The second-order valence-corrected chi connectivity index (χ2v) is 3.47. The summed E-state index contributed by atoms with van der Waals surface area (Å²) in [4.78, 5) is 5.31. The minimum absolute atomic E-state index is 0. The van der Waals surface area contributed by atoms with Crippen LogP contribution < -0.4 is 0 Å². The average molecular weight is 214 g/mol. The van der Waals surface area contributed by atoms with Crippen molar-refractivity contribution >= 4 is 12.4 Å². The molecule has 1 fully saturated rings. The molecule has 0 amide bonds. The lowest BCUT2D eigenvalue weighted by atomic mass is 10.2. The number of hydroxylamine groups is 2. The van der Waals surface area contributed by atoms with Crippen molar-refractivity contribution in [1.29, 1.82) is 0 Å². The van der Waals surface area contributed by atoms with Gasteiger partial charge in [-0.1, -0.05) is 30.3 Å². The molecule has 2 rings (SSSR count). The first-order chi connectivity index (χ1) is 6.40. The van der Waals surface area contributed by atoms with Gasteiger partial charge in [-0.3, -0.25) is 0 Å². The highest BCUT2D eigenvalue weighted by Crippen LogP contribution is 2.27. The van der Waals surface area contributed by atoms with Gasteiger partial charge in [0.25, 0.3) is 0 Å². The normalized spacial score (nSPS) is 15.3. The molecule has 1 aromatic carbocycles. The average Bonchev–Trinajstić information content (AvgIpc) is 2.99. The molecule has 0 atom stereocenters. The third-order valence-electron chi connectivity index (χ3n) is 2.37. The quantitative estimate of drug-likeness (QED) is 0.713. The van der Waals surface area contributed by atoms with E-state index >= 15 is 0 Å². The fourth-order valence-corrected chi connectivity index (χ4v) is 1.47. The maximum atomic E-state index is 5.31. The molecular weight excluding hydrogens is 198 g/mol. The van der Waals surface area contributed by atoms with Crippen molar-refractivity contribution in [2.75, 3.05) is 7.11 Å². The van der Waals surface area contributed by atoms with Gasteiger partial charge in [-0.2, -0.15) is 5.06 Å². The van der Waals surface area contributed by atoms with Crippen molar-refractivity contribution < 1.29 is 4.84 Å². The molecule has 1 aliphatic carbocycles. The van der Waals surface area contributed by atoms with Gasteiger partial charge in [0.2, 0.25) is 0 Å². The van der Waals surface area contributed by atoms with Gasteiger partial charge >= 0.3 is 0 Å². The standard InChI is InChI=1S/C11H15NO.ClH/c1-13-12(11-7-8-11)9-10-5-3-2-4-6-10;/h2-6,11H,7-9H2,1H3;1H. The highest BCUT2D eigenvalue weighted by Gasteiger charge is 2.29. The van der Waals surface area contributed by atoms with Crippen LogP contribution in [-0.2, 0) is 11.4 Å². The minimum Gasteiger partial charge on any atom is -0.302 e. The highest BCUT2D eigenvalue weighted by molar-refractivity contribution is 5.85. The number of benzene rings is 1. The first-order valence-corrected chi connectivity index (χ1v) is 4.75. The molecule has 0 saturated heterocycles. The highest BCUT2D eigenvalue weighted by atomic mass is 35.5. The molecule has 0 aromatic heterocycles. The van der Waals surface area contributed by atoms with E-state index in [4.69, 9.17) is 4.84 Å². The largest absolute Gasteiger partial charge is 0.302 e. The number of nitrogens with zero attached hydrogens (tertiary/aromatic N) is 1. The Morgan fingerprint density at radius 1 is 1.29 bits per heavy atom. The number of rotatable bonds is 4. The molecule has 3 heteroatoms. The van der Waals surface area contributed by atoms with Crippen molar-refractivity contribution in [2.24, 2.45) is 0 Å². The predicted molar refractivity (Wildman–Crippen MR) is 59.3 cm³/mol. The zero-order chi connectivity index (χ0) is 9.10. The second-order valence-electron chi connectivity index (χ2n) is 3.47. The first-order valence-electron chi connectivity index (χ1n) is 4.75. The lowest BCUT2D eigenvalue weighted by Crippen LogP contribution is -2.23. The summed E-state index contributed by atoms with van der Waals surface area (Å²) in [6, 6.07) is 11.1. The predicted octanol–water partition coefficient (Wildman–Crippen LogP) is 2.63. The van der Waals surface area contributed by atoms with E-state index in [0.29, 0.717) is 6.04 Å². The molecule has 1 aliphatic rings. The Hall–Kier alpha value is -0.570. The zero-order valence-electron chi connectivity index (χ0n) is 8.35. The first kappa shape index (κ1) is 11.5. The zero-order valence-corrected chi connectivity index (χ0v) is 9.17. The summed E-state index contributed by atoms with van der Waals surface area (Å²) in [5.41, 5.74) is 1.32. The van der Waals surface area contributed by atoms with Crippen LogP contribution in [0.2, 0.25) is 0 Å². The Balaban J connectivity index is 0.000000980. The molecule has 0 aliphatic heterocycles. The van der Waals surface area contributed by atoms with Crippen LogP contribution in [0.3, 0.4) is 0 Å². The van der Waals surface area contributed by atoms with E-state index in [1.807, 2.05) is 6.07 Å². The number of hydrogen-bond acceptors (Lipinski definition) is 2. The van der Waals surface area contributed by atoms with Crippen LogP contribution in [-0.4, -0.2) is 18.2 Å². The van der Waals surface area contributed by atoms with E-state index in [0.717, 1.165) is 6.54 Å². The Bertz CT molecular complexity index is 261. The summed E-state index contributed by atoms with van der Waals surface area (Å²) in [6.07, 6.45) is 2.56. The molecule has 78 valence electrons. The van der Waals surface area contributed by atoms with Crippen molar-refractivity contribution in [3.8, 4) is 0 Å². The monoisotopic (exact) mass is 213 g/mol. The third kappa shape index (κ3) is 2.98. The third-order valence-corrected chi connectivity index (χ3v) is 2.37. The maximum absolute atomic E-state index is 5.31. The van der Waals surface area contributed by atoms with E-state index in [1.54, 1.807) is 7.11 Å². The van der Waals surface area contributed by atoms with Crippen LogP contribution in [0.15, 0.2) is 30.3 Å². The molecule has 0 heterocycles. The van der Waals surface area contributed by atoms with Gasteiger partial charge < -0.3 is 4.84 Å². The Kier molecular flexibility index (Phi) is 4.39. The molecule has 0 N–H and O–H groups in total. The minimum atomic E-state index is 0. The Labute approximate surface area is 91.2 Å². The molecule has 14 heavy (non-hydrogen) atoms. The molecule has 1 saturated carbocycles. The van der Waals surface area contributed by atoms with Crippen molar-refractivity contribution in [2.45, 2.75) is 25.4 Å². The van der Waals surface area contributed by atoms with Gasteiger partial charge in [-0.05, 0) is 18.4 Å². The summed E-state index contributed by atoms with van der Waals surface area (Å²) in [6.45, 7) is 0.905. The molecule has 0 radical (unpaired) electrons. The molecular formula is C11H16ClNO. The van der Waals surface area contributed by atoms with Crippen LogP contribution >= 0.6 is 12.4 Å². The van der Waals surface area contributed by atoms with Crippen LogP contribution in [0.5, 0.6) is 0 Å². The topological polar surface area (TPSA) is 12.5 Å². The molecule has 0 spiro atoms. The summed E-state index contributed by atoms with van der Waals surface area (Å²) >= 11 is 0. The van der Waals surface area contributed by atoms with E-state index in [2.05, 4.69) is 29.3 Å². The van der Waals surface area contributed by atoms with Crippen LogP contribution in [0.4, 0.5) is 0 Å². The fraction of sp³-hybridized carbons (Fsp3) is 0.455.